The van der Waals surface area contributed by atoms with Gasteiger partial charge in [-0.3, -0.25) is 4.57 Å². The van der Waals surface area contributed by atoms with Gasteiger partial charge in [-0.05, 0) is 32.0 Å². The predicted molar refractivity (Wildman–Crippen MR) is 73.8 cm³/mol. The number of halogens is 1. The summed E-state index contributed by atoms with van der Waals surface area (Å²) in [6.07, 6.45) is 0.847. The summed E-state index contributed by atoms with van der Waals surface area (Å²) >= 11 is 7.31. The maximum Gasteiger partial charge on any atom is 0.343 e. The number of aromatic nitrogens is 5. The molecule has 2 aromatic heterocycles. The number of rotatable bonds is 4. The van der Waals surface area contributed by atoms with E-state index in [2.05, 4.69) is 20.2 Å². The van der Waals surface area contributed by atoms with Gasteiger partial charge in [0.15, 0.2) is 10.3 Å². The Labute approximate surface area is 119 Å². The molecule has 0 fully saturated rings. The molecule has 0 aliphatic rings. The molecule has 0 atom stereocenters. The number of nitrogens with one attached hydrogen (secondary N) is 1. The lowest BCUT2D eigenvalue weighted by Gasteiger charge is -2.06. The maximum atomic E-state index is 11.6. The Kier molecular flexibility index (Phi) is 4.26. The van der Waals surface area contributed by atoms with Crippen LogP contribution in [0, 0.1) is 13.8 Å². The van der Waals surface area contributed by atoms with Gasteiger partial charge in [0.2, 0.25) is 0 Å². The zero-order chi connectivity index (χ0) is 14.0. The molecule has 0 amide bonds. The molecular weight excluding hydrogens is 286 g/mol. The second-order valence-corrected chi connectivity index (χ2v) is 5.37. The third kappa shape index (κ3) is 2.98. The van der Waals surface area contributed by atoms with Gasteiger partial charge in [0.1, 0.15) is 5.03 Å². The first kappa shape index (κ1) is 14.1. The summed E-state index contributed by atoms with van der Waals surface area (Å²) in [7, 11) is 0. The molecule has 6 nitrogen and oxygen atoms in total. The van der Waals surface area contributed by atoms with E-state index < -0.39 is 0 Å². The zero-order valence-corrected chi connectivity index (χ0v) is 12.5. The van der Waals surface area contributed by atoms with Crippen molar-refractivity contribution in [1.82, 2.24) is 24.7 Å². The molecule has 0 aromatic carbocycles. The summed E-state index contributed by atoms with van der Waals surface area (Å²) in [5, 5.41) is 7.85. The first-order chi connectivity index (χ1) is 9.02. The zero-order valence-electron chi connectivity index (χ0n) is 10.9. The van der Waals surface area contributed by atoms with E-state index in [4.69, 9.17) is 11.6 Å². The van der Waals surface area contributed by atoms with Crippen LogP contribution in [0.3, 0.4) is 0 Å². The highest BCUT2D eigenvalue weighted by Crippen LogP contribution is 2.29. The minimum atomic E-state index is -0.225. The van der Waals surface area contributed by atoms with Crippen LogP contribution in [0.4, 0.5) is 0 Å². The van der Waals surface area contributed by atoms with E-state index in [-0.39, 0.29) is 5.69 Å². The Morgan fingerprint density at radius 1 is 1.32 bits per heavy atom. The molecule has 19 heavy (non-hydrogen) atoms. The first-order valence-corrected chi connectivity index (χ1v) is 7.06. The minimum absolute atomic E-state index is 0.225. The van der Waals surface area contributed by atoms with Crippen LogP contribution < -0.4 is 5.69 Å². The lowest BCUT2D eigenvalue weighted by molar-refractivity contribution is 0.603. The van der Waals surface area contributed by atoms with Crippen LogP contribution in [0.5, 0.6) is 0 Å². The van der Waals surface area contributed by atoms with Crippen LogP contribution in [0.25, 0.3) is 0 Å². The second-order valence-electron chi connectivity index (χ2n) is 4.06. The normalized spacial score (nSPS) is 10.9. The highest BCUT2D eigenvalue weighted by molar-refractivity contribution is 7.99. The quantitative estimate of drug-likeness (QED) is 0.936. The summed E-state index contributed by atoms with van der Waals surface area (Å²) in [6, 6.07) is 0. The van der Waals surface area contributed by atoms with E-state index >= 15 is 0 Å². The summed E-state index contributed by atoms with van der Waals surface area (Å²) in [6.45, 7) is 6.32. The van der Waals surface area contributed by atoms with Gasteiger partial charge in [-0.25, -0.2) is 19.9 Å². The smallest absolute Gasteiger partial charge is 0.270 e. The fourth-order valence-electron chi connectivity index (χ4n) is 1.51. The highest BCUT2D eigenvalue weighted by Gasteiger charge is 2.14. The van der Waals surface area contributed by atoms with Crippen molar-refractivity contribution in [3.05, 3.63) is 27.0 Å². The molecule has 102 valence electrons. The van der Waals surface area contributed by atoms with Gasteiger partial charge in [-0.1, -0.05) is 18.5 Å². The van der Waals surface area contributed by atoms with Crippen LogP contribution in [0.15, 0.2) is 15.0 Å². The van der Waals surface area contributed by atoms with Crippen molar-refractivity contribution in [2.75, 3.05) is 0 Å². The third-order valence-corrected chi connectivity index (χ3v) is 3.94. The third-order valence-electron chi connectivity index (χ3n) is 2.59. The topological polar surface area (TPSA) is 76.5 Å². The molecule has 1 N–H and O–H groups in total. The number of aryl methyl sites for hydroxylation is 2. The van der Waals surface area contributed by atoms with E-state index in [1.165, 1.54) is 11.8 Å². The molecule has 0 spiro atoms. The fraction of sp³-hybridized carbons (Fsp3) is 0.455. The molecule has 0 aliphatic carbocycles. The van der Waals surface area contributed by atoms with Crippen molar-refractivity contribution in [1.29, 1.82) is 0 Å². The monoisotopic (exact) mass is 299 g/mol. The Morgan fingerprint density at radius 3 is 2.68 bits per heavy atom. The van der Waals surface area contributed by atoms with Gasteiger partial charge in [-0.15, -0.1) is 5.10 Å². The second kappa shape index (κ2) is 5.75. The minimum Gasteiger partial charge on any atom is -0.270 e. The Balaban J connectivity index is 2.36. The molecule has 2 aromatic rings. The van der Waals surface area contributed by atoms with Gasteiger partial charge in [0.05, 0.1) is 11.4 Å². The molecule has 0 bridgehead atoms. The van der Waals surface area contributed by atoms with Gasteiger partial charge in [-0.2, -0.15) is 0 Å². The van der Waals surface area contributed by atoms with E-state index in [0.717, 1.165) is 17.8 Å². The molecule has 0 saturated heterocycles. The molecule has 0 saturated carbocycles. The lowest BCUT2D eigenvalue weighted by Crippen LogP contribution is -2.17. The molecule has 8 heteroatoms. The Bertz CT molecular complexity index is 651. The molecule has 2 rings (SSSR count). The number of hydrogen-bond donors (Lipinski definition) is 1. The average molecular weight is 300 g/mol. The Morgan fingerprint density at radius 2 is 2.00 bits per heavy atom. The van der Waals surface area contributed by atoms with Crippen molar-refractivity contribution >= 4 is 23.4 Å². The van der Waals surface area contributed by atoms with E-state index in [9.17, 15) is 4.79 Å². The highest BCUT2D eigenvalue weighted by atomic mass is 35.5. The molecule has 0 unspecified atom stereocenters. The fourth-order valence-corrected chi connectivity index (χ4v) is 2.65. The van der Waals surface area contributed by atoms with Crippen LogP contribution >= 0.6 is 23.4 Å². The van der Waals surface area contributed by atoms with Gasteiger partial charge in [0.25, 0.3) is 0 Å². The SMILES string of the molecule is CCCn1c(Sc2nc(C)c(C)nc2Cl)n[nH]c1=O. The van der Waals surface area contributed by atoms with E-state index in [0.29, 0.717) is 21.9 Å². The number of H-pyrrole nitrogens is 1. The first-order valence-electron chi connectivity index (χ1n) is 5.86. The number of hydrogen-bond acceptors (Lipinski definition) is 5. The molecular formula is C11H14ClN5OS. The summed E-state index contributed by atoms with van der Waals surface area (Å²) in [5.74, 6) is 0. The summed E-state index contributed by atoms with van der Waals surface area (Å²) in [4.78, 5) is 20.2. The lowest BCUT2D eigenvalue weighted by atomic mass is 10.4. The molecule has 0 aliphatic heterocycles. The summed E-state index contributed by atoms with van der Waals surface area (Å²) < 4.78 is 1.57. The number of nitrogens with zero attached hydrogens (tertiary/aromatic N) is 4. The maximum absolute atomic E-state index is 11.6. The van der Waals surface area contributed by atoms with Gasteiger partial charge in [0, 0.05) is 6.54 Å². The van der Waals surface area contributed by atoms with E-state index in [1.54, 1.807) is 4.57 Å². The molecule has 2 heterocycles. The van der Waals surface area contributed by atoms with Crippen LogP contribution in [-0.4, -0.2) is 24.7 Å². The van der Waals surface area contributed by atoms with Crippen molar-refractivity contribution in [3.8, 4) is 0 Å². The van der Waals surface area contributed by atoms with Crippen LogP contribution in [-0.2, 0) is 6.54 Å². The van der Waals surface area contributed by atoms with Gasteiger partial charge >= 0.3 is 5.69 Å². The number of aromatic amines is 1. The van der Waals surface area contributed by atoms with Crippen LogP contribution in [0.2, 0.25) is 5.15 Å². The van der Waals surface area contributed by atoms with Crippen LogP contribution in [0.1, 0.15) is 24.7 Å². The largest absolute Gasteiger partial charge is 0.343 e. The van der Waals surface area contributed by atoms with Gasteiger partial charge < -0.3 is 0 Å². The van der Waals surface area contributed by atoms with E-state index in [1.807, 2.05) is 20.8 Å². The van der Waals surface area contributed by atoms with Crippen molar-refractivity contribution < 1.29 is 0 Å². The Hall–Kier alpha value is -1.34. The van der Waals surface area contributed by atoms with Crippen molar-refractivity contribution in [3.63, 3.8) is 0 Å². The van der Waals surface area contributed by atoms with Crippen molar-refractivity contribution in [2.24, 2.45) is 0 Å². The average Bonchev–Trinajstić information content (AvgIpc) is 2.69. The molecule has 0 radical (unpaired) electrons. The summed E-state index contributed by atoms with van der Waals surface area (Å²) in [5.41, 5.74) is 1.38. The van der Waals surface area contributed by atoms with Crippen molar-refractivity contribution in [2.45, 2.75) is 43.9 Å². The standard InChI is InChI=1S/C11H14ClN5OS/c1-4-5-17-10(18)15-16-11(17)19-9-8(12)13-6(2)7(3)14-9/h4-5H2,1-3H3,(H,15,18). The predicted octanol–water partition coefficient (Wildman–Crippen LogP) is 2.19.